The summed E-state index contributed by atoms with van der Waals surface area (Å²) in [7, 11) is 0. The Morgan fingerprint density at radius 1 is 1.12 bits per heavy atom. The van der Waals surface area contributed by atoms with Crippen molar-refractivity contribution >= 4 is 45.5 Å². The largest absolute Gasteiger partial charge is 2.00 e. The molecule has 0 aliphatic heterocycles. The normalized spacial score (nSPS) is 10.5. The van der Waals surface area contributed by atoms with Gasteiger partial charge in [0.15, 0.2) is 0 Å². The van der Waals surface area contributed by atoms with E-state index in [9.17, 15) is 4.79 Å². The van der Waals surface area contributed by atoms with E-state index in [0.717, 1.165) is 33.1 Å². The Labute approximate surface area is 220 Å². The van der Waals surface area contributed by atoms with Crippen molar-refractivity contribution in [3.8, 4) is 11.3 Å². The Morgan fingerprint density at radius 2 is 1.94 bits per heavy atom. The Morgan fingerprint density at radius 3 is 2.64 bits per heavy atom. The van der Waals surface area contributed by atoms with Gasteiger partial charge in [-0.3, -0.25) is 0 Å². The van der Waals surface area contributed by atoms with Gasteiger partial charge in [-0.15, -0.1) is 34.5 Å². The second-order valence-corrected chi connectivity index (χ2v) is 7.94. The van der Waals surface area contributed by atoms with Crippen LogP contribution in [0.25, 0.3) is 33.1 Å². The van der Waals surface area contributed by atoms with Gasteiger partial charge >= 0.3 is 36.8 Å². The third-order valence-electron chi connectivity index (χ3n) is 5.00. The molecule has 3 N–H and O–H groups in total. The summed E-state index contributed by atoms with van der Waals surface area (Å²) in [5.74, 6) is 0.488. The number of carbonyl (C=O) groups excluding carboxylic acids is 1. The minimum Gasteiger partial charge on any atom is -0.383 e. The van der Waals surface area contributed by atoms with Crippen LogP contribution in [-0.2, 0) is 4.79 Å². The summed E-state index contributed by atoms with van der Waals surface area (Å²) in [4.78, 5) is 18.5. The van der Waals surface area contributed by atoms with Crippen LogP contribution in [0.15, 0.2) is 67.0 Å². The van der Waals surface area contributed by atoms with E-state index in [1.165, 1.54) is 6.33 Å². The predicted molar refractivity (Wildman–Crippen MR) is 127 cm³/mol. The number of nitrogen functional groups attached to an aromatic ring is 1. The third kappa shape index (κ3) is 5.44. The Balaban J connectivity index is 0.000000260. The summed E-state index contributed by atoms with van der Waals surface area (Å²) in [6, 6.07) is 22.3. The standard InChI is InChI=1S/C18H16N5.C7H4ClO.U/c1-11(2)23-18-15(17(19)20-10-21-18)16(22-23)14-8-7-12-5-3-4-6-13(12)9-14;8-7-3-1-2-6(4-7)5-9;/h4-11H,1-2H3,(H2,19,20,21,22);1-4H;/q2*-1;+2/p+1. The van der Waals surface area contributed by atoms with Crippen LogP contribution in [-0.4, -0.2) is 21.4 Å². The zero-order valence-corrected chi connectivity index (χ0v) is 23.1. The number of halogens is 1. The molecule has 3 aromatic carbocycles. The van der Waals surface area contributed by atoms with Crippen molar-refractivity contribution in [2.75, 3.05) is 5.73 Å². The van der Waals surface area contributed by atoms with Gasteiger partial charge in [0.2, 0.25) is 6.33 Å². The smallest absolute Gasteiger partial charge is 0.383 e. The topological polar surface area (TPSA) is 88.5 Å². The summed E-state index contributed by atoms with van der Waals surface area (Å²) in [5.41, 5.74) is 9.45. The Bertz CT molecular complexity index is 1420. The van der Waals surface area contributed by atoms with E-state index < -0.39 is 0 Å². The number of hydrogen-bond acceptors (Lipinski definition) is 4. The van der Waals surface area contributed by atoms with E-state index in [0.29, 0.717) is 16.4 Å². The molecule has 33 heavy (non-hydrogen) atoms. The van der Waals surface area contributed by atoms with Crippen LogP contribution >= 0.6 is 11.6 Å². The van der Waals surface area contributed by atoms with Crippen LogP contribution < -0.4 is 10.4 Å². The van der Waals surface area contributed by atoms with E-state index in [1.807, 2.05) is 16.8 Å². The van der Waals surface area contributed by atoms with Crippen LogP contribution in [0.3, 0.4) is 0 Å². The number of nitrogens with two attached hydrogens (primary N) is 1. The fourth-order valence-electron chi connectivity index (χ4n) is 3.46. The first-order chi connectivity index (χ1) is 15.5. The van der Waals surface area contributed by atoms with Crippen LogP contribution in [0.4, 0.5) is 5.82 Å². The molecular weight excluding hydrogens is 660 g/mol. The molecule has 8 heteroatoms. The van der Waals surface area contributed by atoms with Gasteiger partial charge in [-0.05, 0) is 29.4 Å². The maximum atomic E-state index is 9.98. The van der Waals surface area contributed by atoms with Crippen LogP contribution in [0.5, 0.6) is 0 Å². The van der Waals surface area contributed by atoms with Gasteiger partial charge in [0.1, 0.15) is 22.9 Å². The number of nitrogens with zero attached hydrogens (tertiary/aromatic N) is 3. The maximum Gasteiger partial charge on any atom is 2.00 e. The van der Waals surface area contributed by atoms with Crippen molar-refractivity contribution < 1.29 is 40.6 Å². The number of benzene rings is 3. The van der Waals surface area contributed by atoms with Crippen molar-refractivity contribution in [2.45, 2.75) is 19.9 Å². The van der Waals surface area contributed by atoms with Gasteiger partial charge in [-0.2, -0.15) is 40.0 Å². The van der Waals surface area contributed by atoms with E-state index in [4.69, 9.17) is 17.3 Å². The van der Waals surface area contributed by atoms with Crippen LogP contribution in [0, 0.1) is 37.2 Å². The second-order valence-electron chi connectivity index (χ2n) is 7.51. The van der Waals surface area contributed by atoms with Crippen molar-refractivity contribution in [3.05, 3.63) is 83.6 Å². The van der Waals surface area contributed by atoms with Crippen molar-refractivity contribution in [1.82, 2.24) is 15.1 Å². The average Bonchev–Trinajstić information content (AvgIpc) is 3.20. The molecule has 0 fully saturated rings. The molecule has 0 atom stereocenters. The van der Waals surface area contributed by atoms with E-state index in [2.05, 4.69) is 59.2 Å². The molecule has 0 unspecified atom stereocenters. The number of anilines is 1. The number of hydrogen-bond donors (Lipinski definition) is 2. The summed E-state index contributed by atoms with van der Waals surface area (Å²) < 4.78 is 2.02. The zero-order valence-electron chi connectivity index (χ0n) is 18.1. The molecular formula is C25H21ClN5OU+. The molecule has 0 radical (unpaired) electrons. The zero-order chi connectivity index (χ0) is 22.7. The molecule has 0 saturated heterocycles. The van der Waals surface area contributed by atoms with Crippen LogP contribution in [0.2, 0.25) is 5.02 Å². The van der Waals surface area contributed by atoms with Gasteiger partial charge in [-0.1, -0.05) is 29.8 Å². The fourth-order valence-corrected chi connectivity index (χ4v) is 3.65. The van der Waals surface area contributed by atoms with Gasteiger partial charge < -0.3 is 10.5 Å². The first-order valence-electron chi connectivity index (χ1n) is 10.1. The number of nitrogens with one attached hydrogen (secondary N) is 1. The number of aromatic amines is 1. The molecule has 6 nitrogen and oxygen atoms in total. The first kappa shape index (κ1) is 24.9. The molecule has 2 heterocycles. The molecule has 162 valence electrons. The Kier molecular flexibility index (Phi) is 8.26. The molecule has 5 rings (SSSR count). The molecule has 0 amide bonds. The molecule has 0 bridgehead atoms. The third-order valence-corrected chi connectivity index (χ3v) is 5.23. The average molecular weight is 681 g/mol. The molecule has 0 aliphatic carbocycles. The molecule has 0 saturated carbocycles. The number of H-pyrrole nitrogens is 1. The van der Waals surface area contributed by atoms with Crippen LogP contribution in [0.1, 0.15) is 25.5 Å². The minimum absolute atomic E-state index is 0. The van der Waals surface area contributed by atoms with Gasteiger partial charge in [0.05, 0.1) is 6.29 Å². The molecule has 2 aromatic heterocycles. The minimum atomic E-state index is 0. The summed E-state index contributed by atoms with van der Waals surface area (Å²) in [6.45, 7) is 4.21. The van der Waals surface area contributed by atoms with E-state index >= 15 is 0 Å². The SMILES string of the molecule is CC(C)[n+]1[nH]c(-c2ccc3c[c-]ccc3c2)c2c(N)ncnc21.O=[C-]c1cccc(Cl)c1.[U+2]. The van der Waals surface area contributed by atoms with Crippen molar-refractivity contribution in [2.24, 2.45) is 0 Å². The van der Waals surface area contributed by atoms with Gasteiger partial charge in [0.25, 0.3) is 0 Å². The maximum absolute atomic E-state index is 9.98. The number of aromatic nitrogens is 4. The van der Waals surface area contributed by atoms with Crippen molar-refractivity contribution in [1.29, 1.82) is 0 Å². The van der Waals surface area contributed by atoms with E-state index in [-0.39, 0.29) is 37.2 Å². The molecule has 0 aliphatic rings. The Hall–Kier alpha value is -2.72. The second kappa shape index (κ2) is 10.9. The molecule has 5 aromatic rings. The quantitative estimate of drug-likeness (QED) is 0.211. The summed E-state index contributed by atoms with van der Waals surface area (Å²) >= 11 is 5.54. The van der Waals surface area contributed by atoms with Gasteiger partial charge in [-0.25, -0.2) is 5.10 Å². The molecule has 0 spiro atoms. The van der Waals surface area contributed by atoms with Gasteiger partial charge in [0, 0.05) is 0 Å². The predicted octanol–water partition coefficient (Wildman–Crippen LogP) is 4.83. The summed E-state index contributed by atoms with van der Waals surface area (Å²) in [6.07, 6.45) is 3.24. The fraction of sp³-hybridized carbons (Fsp3) is 0.120. The summed E-state index contributed by atoms with van der Waals surface area (Å²) in [5, 5.41) is 7.19. The number of rotatable bonds is 3. The monoisotopic (exact) mass is 680 g/mol. The van der Waals surface area contributed by atoms with Crippen molar-refractivity contribution in [3.63, 3.8) is 0 Å². The first-order valence-corrected chi connectivity index (χ1v) is 10.4. The number of fused-ring (bicyclic) bond motifs is 2. The van der Waals surface area contributed by atoms with E-state index in [1.54, 1.807) is 30.6 Å².